The number of nitrogens with zero attached hydrogens (tertiary/aromatic N) is 2. The molecule has 0 aromatic heterocycles. The molecule has 0 saturated heterocycles. The van der Waals surface area contributed by atoms with Crippen LogP contribution < -0.4 is 15.4 Å². The summed E-state index contributed by atoms with van der Waals surface area (Å²) in [6.45, 7) is 5.77. The molecule has 0 bridgehead atoms. The van der Waals surface area contributed by atoms with E-state index < -0.39 is 10.0 Å². The first kappa shape index (κ1) is 26.6. The Hall–Kier alpha value is -2.62. The first-order valence-corrected chi connectivity index (χ1v) is 12.3. The molecule has 2 rings (SSSR count). The number of hydrogen-bond donors (Lipinski definition) is 2. The quantitative estimate of drug-likeness (QED) is 0.489. The van der Waals surface area contributed by atoms with Crippen molar-refractivity contribution in [2.75, 3.05) is 53.2 Å². The van der Waals surface area contributed by atoms with E-state index in [1.54, 1.807) is 33.1 Å². The van der Waals surface area contributed by atoms with E-state index in [1.807, 2.05) is 38.4 Å². The molecular formula is C24H36N4O4S. The van der Waals surface area contributed by atoms with E-state index in [4.69, 9.17) is 4.74 Å². The van der Waals surface area contributed by atoms with Crippen LogP contribution in [0, 0.1) is 13.8 Å². The number of ether oxygens (including phenoxy) is 1. The number of methoxy groups -OCH3 is 1. The van der Waals surface area contributed by atoms with Gasteiger partial charge in [-0.15, -0.1) is 0 Å². The maximum absolute atomic E-state index is 13.1. The van der Waals surface area contributed by atoms with Crippen LogP contribution in [0.4, 0.5) is 5.69 Å². The van der Waals surface area contributed by atoms with Crippen molar-refractivity contribution >= 4 is 21.6 Å². The molecule has 0 aliphatic heterocycles. The molecule has 2 N–H and O–H groups in total. The van der Waals surface area contributed by atoms with Crippen molar-refractivity contribution in [1.29, 1.82) is 0 Å². The molecule has 0 aliphatic rings. The summed E-state index contributed by atoms with van der Waals surface area (Å²) in [6.07, 6.45) is 0.0775. The molecule has 182 valence electrons. The third-order valence-corrected chi connectivity index (χ3v) is 7.49. The van der Waals surface area contributed by atoms with Crippen molar-refractivity contribution < 1.29 is 17.9 Å². The number of aryl methyl sites for hydroxylation is 2. The third-order valence-electron chi connectivity index (χ3n) is 5.32. The summed E-state index contributed by atoms with van der Waals surface area (Å²) in [5.74, 6) is 0.414. The Kier molecular flexibility index (Phi) is 9.70. The first-order chi connectivity index (χ1) is 15.5. The summed E-state index contributed by atoms with van der Waals surface area (Å²) in [4.78, 5) is 14.7. The number of likely N-dealkylation sites (N-methyl/N-ethyl adjacent to an activating group) is 1. The van der Waals surface area contributed by atoms with Gasteiger partial charge in [-0.1, -0.05) is 12.1 Å². The van der Waals surface area contributed by atoms with Crippen molar-refractivity contribution in [1.82, 2.24) is 14.5 Å². The molecule has 0 atom stereocenters. The van der Waals surface area contributed by atoms with Gasteiger partial charge in [0.2, 0.25) is 15.9 Å². The molecule has 2 aromatic carbocycles. The molecule has 0 heterocycles. The number of hydrogen-bond acceptors (Lipinski definition) is 6. The molecule has 8 nitrogen and oxygen atoms in total. The number of anilines is 1. The van der Waals surface area contributed by atoms with Gasteiger partial charge < -0.3 is 20.3 Å². The Morgan fingerprint density at radius 2 is 1.61 bits per heavy atom. The SMILES string of the molecule is COc1cc(C)c(S(=O)(=O)N(C)CCC(=O)NCc2ccc(NCCN(C)C)cc2)c(C)c1. The smallest absolute Gasteiger partial charge is 0.243 e. The highest BCUT2D eigenvalue weighted by molar-refractivity contribution is 7.89. The highest BCUT2D eigenvalue weighted by Gasteiger charge is 2.25. The maximum atomic E-state index is 13.1. The van der Waals surface area contributed by atoms with Crippen LogP contribution in [0.15, 0.2) is 41.3 Å². The lowest BCUT2D eigenvalue weighted by molar-refractivity contribution is -0.121. The van der Waals surface area contributed by atoms with Crippen LogP contribution in [-0.2, 0) is 21.4 Å². The van der Waals surface area contributed by atoms with E-state index in [2.05, 4.69) is 15.5 Å². The molecule has 33 heavy (non-hydrogen) atoms. The van der Waals surface area contributed by atoms with Gasteiger partial charge in [-0.3, -0.25) is 4.79 Å². The average molecular weight is 477 g/mol. The monoisotopic (exact) mass is 476 g/mol. The minimum Gasteiger partial charge on any atom is -0.497 e. The van der Waals surface area contributed by atoms with Crippen molar-refractivity contribution in [2.45, 2.75) is 31.7 Å². The fourth-order valence-corrected chi connectivity index (χ4v) is 5.00. The minimum atomic E-state index is -3.72. The zero-order chi connectivity index (χ0) is 24.6. The standard InChI is InChI=1S/C24H36N4O4S/c1-18-15-22(32-6)16-19(2)24(18)33(30,31)28(5)13-11-23(29)26-17-20-7-9-21(10-8-20)25-12-14-27(3)4/h7-10,15-16,25H,11-14,17H2,1-6H3,(H,26,29). The summed E-state index contributed by atoms with van der Waals surface area (Å²) in [5.41, 5.74) is 3.24. The van der Waals surface area contributed by atoms with E-state index in [0.29, 0.717) is 23.4 Å². The molecule has 0 fully saturated rings. The summed E-state index contributed by atoms with van der Waals surface area (Å²) in [5, 5.41) is 6.20. The predicted octanol–water partition coefficient (Wildman–Crippen LogP) is 2.61. The molecule has 0 unspecified atom stereocenters. The summed E-state index contributed by atoms with van der Waals surface area (Å²) >= 11 is 0. The molecule has 1 amide bonds. The summed E-state index contributed by atoms with van der Waals surface area (Å²) < 4.78 is 32.5. The van der Waals surface area contributed by atoms with Gasteiger partial charge >= 0.3 is 0 Å². The first-order valence-electron chi connectivity index (χ1n) is 10.9. The van der Waals surface area contributed by atoms with Crippen molar-refractivity contribution in [2.24, 2.45) is 0 Å². The van der Waals surface area contributed by atoms with Gasteiger partial charge in [0.15, 0.2) is 0 Å². The normalized spacial score (nSPS) is 11.6. The Balaban J connectivity index is 1.87. The zero-order valence-electron chi connectivity index (χ0n) is 20.4. The molecule has 0 radical (unpaired) electrons. The van der Waals surface area contributed by atoms with Crippen LogP contribution in [0.25, 0.3) is 0 Å². The minimum absolute atomic E-state index is 0.0775. The fourth-order valence-electron chi connectivity index (χ4n) is 3.42. The number of nitrogens with one attached hydrogen (secondary N) is 2. The Morgan fingerprint density at radius 3 is 2.15 bits per heavy atom. The van der Waals surface area contributed by atoms with E-state index in [9.17, 15) is 13.2 Å². The van der Waals surface area contributed by atoms with Crippen LogP contribution in [-0.4, -0.2) is 71.4 Å². The van der Waals surface area contributed by atoms with Crippen molar-refractivity contribution in [3.05, 3.63) is 53.1 Å². The second kappa shape index (κ2) is 12.0. The van der Waals surface area contributed by atoms with E-state index in [-0.39, 0.29) is 23.8 Å². The van der Waals surface area contributed by atoms with Gasteiger partial charge in [0.25, 0.3) is 0 Å². The Labute approximate surface area is 198 Å². The largest absolute Gasteiger partial charge is 0.497 e. The van der Waals surface area contributed by atoms with Crippen LogP contribution in [0.3, 0.4) is 0 Å². The molecule has 0 spiro atoms. The Bertz CT molecular complexity index is 1010. The highest BCUT2D eigenvalue weighted by Crippen LogP contribution is 2.27. The predicted molar refractivity (Wildman–Crippen MR) is 132 cm³/mol. The number of benzene rings is 2. The van der Waals surface area contributed by atoms with Crippen LogP contribution in [0.2, 0.25) is 0 Å². The fraction of sp³-hybridized carbons (Fsp3) is 0.458. The number of carbonyl (C=O) groups excluding carboxylic acids is 1. The maximum Gasteiger partial charge on any atom is 0.243 e. The van der Waals surface area contributed by atoms with Gasteiger partial charge in [-0.25, -0.2) is 12.7 Å². The molecule has 0 saturated carbocycles. The number of amides is 1. The second-order valence-electron chi connectivity index (χ2n) is 8.37. The average Bonchev–Trinajstić information content (AvgIpc) is 2.75. The van der Waals surface area contributed by atoms with E-state index in [0.717, 1.165) is 24.3 Å². The van der Waals surface area contributed by atoms with Crippen molar-refractivity contribution in [3.8, 4) is 5.75 Å². The highest BCUT2D eigenvalue weighted by atomic mass is 32.2. The molecular weight excluding hydrogens is 440 g/mol. The van der Waals surface area contributed by atoms with Gasteiger partial charge in [-0.05, 0) is 68.9 Å². The summed E-state index contributed by atoms with van der Waals surface area (Å²) in [7, 11) is 3.38. The molecule has 2 aromatic rings. The lowest BCUT2D eigenvalue weighted by Crippen LogP contribution is -2.33. The summed E-state index contributed by atoms with van der Waals surface area (Å²) in [6, 6.07) is 11.3. The number of carbonyl (C=O) groups is 1. The lowest BCUT2D eigenvalue weighted by atomic mass is 10.1. The number of rotatable bonds is 12. The van der Waals surface area contributed by atoms with E-state index >= 15 is 0 Å². The lowest BCUT2D eigenvalue weighted by Gasteiger charge is -2.20. The zero-order valence-corrected chi connectivity index (χ0v) is 21.3. The van der Waals surface area contributed by atoms with Gasteiger partial charge in [0.1, 0.15) is 5.75 Å². The molecule has 0 aliphatic carbocycles. The van der Waals surface area contributed by atoms with Crippen LogP contribution >= 0.6 is 0 Å². The van der Waals surface area contributed by atoms with Crippen LogP contribution in [0.1, 0.15) is 23.1 Å². The Morgan fingerprint density at radius 1 is 1.00 bits per heavy atom. The topological polar surface area (TPSA) is 91.0 Å². The third kappa shape index (κ3) is 7.73. The van der Waals surface area contributed by atoms with Gasteiger partial charge in [0.05, 0.1) is 12.0 Å². The van der Waals surface area contributed by atoms with Crippen molar-refractivity contribution in [3.63, 3.8) is 0 Å². The number of sulfonamides is 1. The second-order valence-corrected chi connectivity index (χ2v) is 10.4. The molecule has 9 heteroatoms. The van der Waals surface area contributed by atoms with Gasteiger partial charge in [-0.2, -0.15) is 0 Å². The van der Waals surface area contributed by atoms with Crippen LogP contribution in [0.5, 0.6) is 5.75 Å². The van der Waals surface area contributed by atoms with Gasteiger partial charge in [0, 0.05) is 45.3 Å². The van der Waals surface area contributed by atoms with E-state index in [1.165, 1.54) is 11.4 Å².